The summed E-state index contributed by atoms with van der Waals surface area (Å²) in [5, 5.41) is 3.52. The van der Waals surface area contributed by atoms with Crippen molar-refractivity contribution in [3.05, 3.63) is 0 Å². The van der Waals surface area contributed by atoms with E-state index in [-0.39, 0.29) is 11.9 Å². The van der Waals surface area contributed by atoms with Gasteiger partial charge in [0.15, 0.2) is 0 Å². The van der Waals surface area contributed by atoms with Gasteiger partial charge < -0.3 is 10.1 Å². The molecule has 0 aromatic carbocycles. The van der Waals surface area contributed by atoms with Crippen molar-refractivity contribution in [3.63, 3.8) is 0 Å². The maximum absolute atomic E-state index is 11.7. The first kappa shape index (κ1) is 14.5. The topological polar surface area (TPSA) is 41.6 Å². The van der Waals surface area contributed by atoms with E-state index in [0.29, 0.717) is 12.1 Å². The Kier molecular flexibility index (Phi) is 5.92. The number of hydrogen-bond acceptors (Lipinski definition) is 4. The summed E-state index contributed by atoms with van der Waals surface area (Å²) in [5.74, 6) is -0.0517. The van der Waals surface area contributed by atoms with Crippen LogP contribution in [-0.4, -0.2) is 49.7 Å². The summed E-state index contributed by atoms with van der Waals surface area (Å²) in [6, 6.07) is 0.892. The average Bonchev–Trinajstić information content (AvgIpc) is 2.34. The van der Waals surface area contributed by atoms with Gasteiger partial charge in [-0.15, -0.1) is 0 Å². The first-order chi connectivity index (χ1) is 8.08. The Balaban J connectivity index is 2.59. The van der Waals surface area contributed by atoms with Crippen molar-refractivity contribution in [3.8, 4) is 0 Å². The zero-order valence-electron chi connectivity index (χ0n) is 11.5. The summed E-state index contributed by atoms with van der Waals surface area (Å²) in [6.07, 6.45) is 2.02. The van der Waals surface area contributed by atoms with Gasteiger partial charge in [0.25, 0.3) is 0 Å². The van der Waals surface area contributed by atoms with Crippen LogP contribution in [0.4, 0.5) is 0 Å². The fourth-order valence-corrected chi connectivity index (χ4v) is 2.39. The number of esters is 1. The lowest BCUT2D eigenvalue weighted by Crippen LogP contribution is -2.53. The molecule has 0 radical (unpaired) electrons. The van der Waals surface area contributed by atoms with Gasteiger partial charge in [-0.05, 0) is 33.2 Å². The van der Waals surface area contributed by atoms with E-state index < -0.39 is 0 Å². The molecule has 100 valence electrons. The molecule has 17 heavy (non-hydrogen) atoms. The number of piperidine rings is 1. The molecule has 2 unspecified atom stereocenters. The minimum Gasteiger partial charge on any atom is -0.469 e. The number of ether oxygens (including phenoxy) is 1. The highest BCUT2D eigenvalue weighted by atomic mass is 16.5. The van der Waals surface area contributed by atoms with E-state index in [1.165, 1.54) is 7.11 Å². The van der Waals surface area contributed by atoms with E-state index in [4.69, 9.17) is 4.74 Å². The molecule has 1 saturated heterocycles. The third-order valence-corrected chi connectivity index (χ3v) is 3.43. The van der Waals surface area contributed by atoms with Crippen LogP contribution in [0.15, 0.2) is 0 Å². The lowest BCUT2D eigenvalue weighted by Gasteiger charge is -2.39. The number of carbonyl (C=O) groups excluding carboxylic acids is 1. The summed E-state index contributed by atoms with van der Waals surface area (Å²) >= 11 is 0. The number of nitrogens with zero attached hydrogens (tertiary/aromatic N) is 1. The molecule has 0 amide bonds. The quantitative estimate of drug-likeness (QED) is 0.737. The van der Waals surface area contributed by atoms with Crippen LogP contribution < -0.4 is 5.32 Å². The number of nitrogens with one attached hydrogen (secondary N) is 1. The van der Waals surface area contributed by atoms with Crippen LogP contribution in [0.1, 0.15) is 33.6 Å². The van der Waals surface area contributed by atoms with Crippen LogP contribution >= 0.6 is 0 Å². The van der Waals surface area contributed by atoms with Gasteiger partial charge in [-0.2, -0.15) is 0 Å². The summed E-state index contributed by atoms with van der Waals surface area (Å²) < 4.78 is 4.88. The first-order valence-electron chi connectivity index (χ1n) is 6.63. The van der Waals surface area contributed by atoms with Gasteiger partial charge in [0.05, 0.1) is 13.0 Å². The fraction of sp³-hybridized carbons (Fsp3) is 0.923. The van der Waals surface area contributed by atoms with E-state index >= 15 is 0 Å². The molecule has 1 aliphatic heterocycles. The van der Waals surface area contributed by atoms with Crippen LogP contribution in [0.25, 0.3) is 0 Å². The average molecular weight is 242 g/mol. The predicted molar refractivity (Wildman–Crippen MR) is 68.9 cm³/mol. The van der Waals surface area contributed by atoms with Gasteiger partial charge in [0, 0.05) is 25.2 Å². The second kappa shape index (κ2) is 6.97. The van der Waals surface area contributed by atoms with Gasteiger partial charge in [-0.1, -0.05) is 6.92 Å². The summed E-state index contributed by atoms with van der Waals surface area (Å²) in [7, 11) is 1.48. The lowest BCUT2D eigenvalue weighted by atomic mass is 9.93. The van der Waals surface area contributed by atoms with Gasteiger partial charge in [-0.3, -0.25) is 9.69 Å². The van der Waals surface area contributed by atoms with E-state index in [2.05, 4.69) is 31.0 Å². The van der Waals surface area contributed by atoms with Gasteiger partial charge in [-0.25, -0.2) is 0 Å². The smallest absolute Gasteiger partial charge is 0.310 e. The Hall–Kier alpha value is -0.610. The van der Waals surface area contributed by atoms with Crippen molar-refractivity contribution in [2.75, 3.05) is 26.7 Å². The van der Waals surface area contributed by atoms with Crippen LogP contribution in [0, 0.1) is 5.92 Å². The number of carbonyl (C=O) groups is 1. The molecule has 4 heteroatoms. The largest absolute Gasteiger partial charge is 0.469 e. The molecule has 1 heterocycles. The van der Waals surface area contributed by atoms with Gasteiger partial charge in [0.2, 0.25) is 0 Å². The molecule has 0 saturated carbocycles. The van der Waals surface area contributed by atoms with Crippen molar-refractivity contribution in [1.29, 1.82) is 0 Å². The van der Waals surface area contributed by atoms with Crippen LogP contribution in [-0.2, 0) is 9.53 Å². The molecular weight excluding hydrogens is 216 g/mol. The van der Waals surface area contributed by atoms with Crippen molar-refractivity contribution >= 4 is 5.97 Å². The minimum atomic E-state index is -0.0707. The third-order valence-electron chi connectivity index (χ3n) is 3.43. The standard InChI is InChI=1S/C13H26N2O2/c1-5-6-14-12-7-11(13(16)17-4)8-15(9-12)10(2)3/h10-12,14H,5-9H2,1-4H3. The summed E-state index contributed by atoms with van der Waals surface area (Å²) in [5.41, 5.74) is 0. The molecule has 0 spiro atoms. The van der Waals surface area contributed by atoms with E-state index in [0.717, 1.165) is 32.5 Å². The Labute approximate surface area is 105 Å². The number of likely N-dealkylation sites (tertiary alicyclic amines) is 1. The maximum atomic E-state index is 11.7. The highest BCUT2D eigenvalue weighted by Gasteiger charge is 2.32. The fourth-order valence-electron chi connectivity index (χ4n) is 2.39. The Morgan fingerprint density at radius 3 is 2.71 bits per heavy atom. The molecular formula is C13H26N2O2. The zero-order valence-corrected chi connectivity index (χ0v) is 11.5. The highest BCUT2D eigenvalue weighted by Crippen LogP contribution is 2.20. The summed E-state index contributed by atoms with van der Waals surface area (Å²) in [6.45, 7) is 9.39. The number of rotatable bonds is 5. The first-order valence-corrected chi connectivity index (χ1v) is 6.63. The maximum Gasteiger partial charge on any atom is 0.310 e. The van der Waals surface area contributed by atoms with Gasteiger partial charge >= 0.3 is 5.97 Å². The van der Waals surface area contributed by atoms with Crippen molar-refractivity contribution in [2.45, 2.75) is 45.7 Å². The molecule has 1 N–H and O–H groups in total. The van der Waals surface area contributed by atoms with E-state index in [1.54, 1.807) is 0 Å². The highest BCUT2D eigenvalue weighted by molar-refractivity contribution is 5.72. The van der Waals surface area contributed by atoms with Crippen LogP contribution in [0.5, 0.6) is 0 Å². The molecule has 1 fully saturated rings. The monoisotopic (exact) mass is 242 g/mol. The van der Waals surface area contributed by atoms with E-state index in [9.17, 15) is 4.79 Å². The minimum absolute atomic E-state index is 0.0190. The lowest BCUT2D eigenvalue weighted by molar-refractivity contribution is -0.148. The normalized spacial score (nSPS) is 26.2. The molecule has 1 rings (SSSR count). The number of hydrogen-bond donors (Lipinski definition) is 1. The molecule has 0 aliphatic carbocycles. The van der Waals surface area contributed by atoms with Gasteiger partial charge in [0.1, 0.15) is 0 Å². The summed E-state index contributed by atoms with van der Waals surface area (Å²) in [4.78, 5) is 14.0. The second-order valence-electron chi connectivity index (χ2n) is 5.15. The molecule has 0 aromatic rings. The second-order valence-corrected chi connectivity index (χ2v) is 5.15. The Morgan fingerprint density at radius 2 is 2.18 bits per heavy atom. The van der Waals surface area contributed by atoms with Crippen LogP contribution in [0.2, 0.25) is 0 Å². The molecule has 0 bridgehead atoms. The molecule has 2 atom stereocenters. The third kappa shape index (κ3) is 4.28. The van der Waals surface area contributed by atoms with Crippen molar-refractivity contribution in [1.82, 2.24) is 10.2 Å². The van der Waals surface area contributed by atoms with Crippen molar-refractivity contribution in [2.24, 2.45) is 5.92 Å². The molecule has 1 aliphatic rings. The molecule has 0 aromatic heterocycles. The zero-order chi connectivity index (χ0) is 12.8. The SMILES string of the molecule is CCCNC1CC(C(=O)OC)CN(C(C)C)C1. The number of methoxy groups -OCH3 is 1. The Morgan fingerprint density at radius 1 is 1.47 bits per heavy atom. The van der Waals surface area contributed by atoms with Crippen LogP contribution in [0.3, 0.4) is 0 Å². The predicted octanol–water partition coefficient (Wildman–Crippen LogP) is 1.26. The Bertz CT molecular complexity index is 244. The van der Waals surface area contributed by atoms with E-state index in [1.807, 2.05) is 0 Å². The molecule has 4 nitrogen and oxygen atoms in total. The van der Waals surface area contributed by atoms with Crippen molar-refractivity contribution < 1.29 is 9.53 Å².